The third-order valence-corrected chi connectivity index (χ3v) is 3.22. The summed E-state index contributed by atoms with van der Waals surface area (Å²) in [5, 5.41) is 23.9. The number of tetrazole rings is 1. The molecule has 0 fully saturated rings. The number of hydrogen-bond donors (Lipinski definition) is 2. The Hall–Kier alpha value is -2.28. The summed E-state index contributed by atoms with van der Waals surface area (Å²) in [5.41, 5.74) is 0.921. The van der Waals surface area contributed by atoms with E-state index in [1.54, 1.807) is 0 Å². The number of aliphatic hydroxyl groups is 1. The highest BCUT2D eigenvalue weighted by Gasteiger charge is 2.08. The predicted octanol–water partition coefficient (Wildman–Crippen LogP) is 1.01. The number of rotatable bonds is 8. The van der Waals surface area contributed by atoms with E-state index in [1.807, 2.05) is 37.3 Å². The van der Waals surface area contributed by atoms with Crippen molar-refractivity contribution in [3.05, 3.63) is 30.3 Å². The highest BCUT2D eigenvalue weighted by molar-refractivity contribution is 5.76. The summed E-state index contributed by atoms with van der Waals surface area (Å²) < 4.78 is 0. The van der Waals surface area contributed by atoms with Gasteiger partial charge < -0.3 is 10.4 Å². The van der Waals surface area contributed by atoms with Crippen LogP contribution in [0.25, 0.3) is 11.4 Å². The van der Waals surface area contributed by atoms with Crippen molar-refractivity contribution in [2.75, 3.05) is 6.61 Å². The average molecular weight is 303 g/mol. The zero-order valence-corrected chi connectivity index (χ0v) is 12.6. The molecule has 1 unspecified atom stereocenters. The van der Waals surface area contributed by atoms with E-state index in [0.717, 1.165) is 5.56 Å². The number of carbonyl (C=O) groups excluding carboxylic acids is 1. The van der Waals surface area contributed by atoms with E-state index >= 15 is 0 Å². The molecule has 0 radical (unpaired) electrons. The Morgan fingerprint density at radius 2 is 2.14 bits per heavy atom. The number of nitrogens with one attached hydrogen (secondary N) is 1. The van der Waals surface area contributed by atoms with Crippen molar-refractivity contribution in [3.8, 4) is 11.4 Å². The first-order valence-electron chi connectivity index (χ1n) is 7.42. The lowest BCUT2D eigenvalue weighted by Crippen LogP contribution is -2.33. The summed E-state index contributed by atoms with van der Waals surface area (Å²) in [5.74, 6) is 0.561. The normalized spacial score (nSPS) is 12.1. The van der Waals surface area contributed by atoms with Gasteiger partial charge in [-0.25, -0.2) is 0 Å². The average Bonchev–Trinajstić information content (AvgIpc) is 2.97. The minimum atomic E-state index is -0.0238. The van der Waals surface area contributed by atoms with Crippen molar-refractivity contribution in [2.45, 2.75) is 38.8 Å². The standard InChI is InChI=1S/C15H21N5O2/c1-12(9-11-21)16-14(22)8-5-10-20-18-15(17-19-20)13-6-3-2-4-7-13/h2-4,6-7,12,21H,5,8-11H2,1H3,(H,16,22). The van der Waals surface area contributed by atoms with Gasteiger partial charge in [-0.05, 0) is 25.0 Å². The molecular weight excluding hydrogens is 282 g/mol. The third kappa shape index (κ3) is 4.92. The lowest BCUT2D eigenvalue weighted by Gasteiger charge is -2.11. The Morgan fingerprint density at radius 1 is 1.36 bits per heavy atom. The monoisotopic (exact) mass is 303 g/mol. The van der Waals surface area contributed by atoms with Gasteiger partial charge in [0.1, 0.15) is 0 Å². The van der Waals surface area contributed by atoms with Crippen LogP contribution in [0.4, 0.5) is 0 Å². The van der Waals surface area contributed by atoms with E-state index in [4.69, 9.17) is 5.11 Å². The molecule has 0 aliphatic rings. The maximum Gasteiger partial charge on any atom is 0.220 e. The Balaban J connectivity index is 1.76. The van der Waals surface area contributed by atoms with Gasteiger partial charge in [0.25, 0.3) is 0 Å². The van der Waals surface area contributed by atoms with Gasteiger partial charge in [-0.15, -0.1) is 10.2 Å². The van der Waals surface area contributed by atoms with E-state index in [0.29, 0.717) is 31.6 Å². The van der Waals surface area contributed by atoms with Crippen molar-refractivity contribution in [2.24, 2.45) is 0 Å². The van der Waals surface area contributed by atoms with E-state index in [9.17, 15) is 4.79 Å². The molecule has 22 heavy (non-hydrogen) atoms. The number of hydrogen-bond acceptors (Lipinski definition) is 5. The van der Waals surface area contributed by atoms with E-state index in [1.165, 1.54) is 4.80 Å². The van der Waals surface area contributed by atoms with Gasteiger partial charge in [-0.1, -0.05) is 30.3 Å². The number of aryl methyl sites for hydroxylation is 1. The smallest absolute Gasteiger partial charge is 0.220 e. The van der Waals surface area contributed by atoms with Crippen LogP contribution in [0.3, 0.4) is 0 Å². The molecule has 7 heteroatoms. The topological polar surface area (TPSA) is 92.9 Å². The van der Waals surface area contributed by atoms with Gasteiger partial charge in [0.05, 0.1) is 6.54 Å². The molecule has 1 aromatic heterocycles. The molecule has 0 saturated carbocycles. The number of carbonyl (C=O) groups is 1. The Bertz CT molecular complexity index is 585. The van der Waals surface area contributed by atoms with Crippen LogP contribution in [0.15, 0.2) is 30.3 Å². The predicted molar refractivity (Wildman–Crippen MR) is 81.8 cm³/mol. The molecule has 0 saturated heterocycles. The van der Waals surface area contributed by atoms with Crippen LogP contribution in [0.1, 0.15) is 26.2 Å². The van der Waals surface area contributed by atoms with Gasteiger partial charge >= 0.3 is 0 Å². The van der Waals surface area contributed by atoms with Crippen LogP contribution in [0.2, 0.25) is 0 Å². The van der Waals surface area contributed by atoms with Crippen LogP contribution >= 0.6 is 0 Å². The van der Waals surface area contributed by atoms with Crippen LogP contribution in [0.5, 0.6) is 0 Å². The number of aliphatic hydroxyl groups excluding tert-OH is 1. The molecule has 2 N–H and O–H groups in total. The van der Waals surface area contributed by atoms with Crippen molar-refractivity contribution >= 4 is 5.91 Å². The van der Waals surface area contributed by atoms with Crippen LogP contribution in [-0.4, -0.2) is 43.9 Å². The van der Waals surface area contributed by atoms with E-state index < -0.39 is 0 Å². The van der Waals surface area contributed by atoms with E-state index in [2.05, 4.69) is 20.7 Å². The summed E-state index contributed by atoms with van der Waals surface area (Å²) in [6, 6.07) is 9.63. The van der Waals surface area contributed by atoms with Gasteiger partial charge in [0, 0.05) is 24.6 Å². The first-order valence-corrected chi connectivity index (χ1v) is 7.42. The van der Waals surface area contributed by atoms with Crippen LogP contribution in [0, 0.1) is 0 Å². The summed E-state index contributed by atoms with van der Waals surface area (Å²) in [7, 11) is 0. The number of benzene rings is 1. The van der Waals surface area contributed by atoms with Crippen molar-refractivity contribution in [1.29, 1.82) is 0 Å². The van der Waals surface area contributed by atoms with Crippen molar-refractivity contribution in [3.63, 3.8) is 0 Å². The molecule has 1 heterocycles. The zero-order valence-electron chi connectivity index (χ0n) is 12.6. The molecule has 1 atom stereocenters. The molecule has 0 spiro atoms. The molecule has 1 amide bonds. The summed E-state index contributed by atoms with van der Waals surface area (Å²) >= 11 is 0. The second kappa shape index (κ2) is 8.23. The fourth-order valence-corrected chi connectivity index (χ4v) is 2.03. The van der Waals surface area contributed by atoms with Gasteiger partial charge in [0.15, 0.2) is 0 Å². The Labute approximate surface area is 129 Å². The highest BCUT2D eigenvalue weighted by atomic mass is 16.3. The quantitative estimate of drug-likeness (QED) is 0.759. The van der Waals surface area contributed by atoms with Crippen LogP contribution in [-0.2, 0) is 11.3 Å². The van der Waals surface area contributed by atoms with Crippen molar-refractivity contribution in [1.82, 2.24) is 25.5 Å². The number of nitrogens with zero attached hydrogens (tertiary/aromatic N) is 4. The first-order chi connectivity index (χ1) is 10.7. The molecule has 2 aromatic rings. The second-order valence-electron chi connectivity index (χ2n) is 5.16. The lowest BCUT2D eigenvalue weighted by atomic mass is 10.2. The minimum absolute atomic E-state index is 0.00771. The molecule has 0 bridgehead atoms. The van der Waals surface area contributed by atoms with E-state index in [-0.39, 0.29) is 18.6 Å². The van der Waals surface area contributed by atoms with Crippen molar-refractivity contribution < 1.29 is 9.90 Å². The molecule has 7 nitrogen and oxygen atoms in total. The molecule has 1 aromatic carbocycles. The number of amides is 1. The zero-order chi connectivity index (χ0) is 15.8. The molecule has 118 valence electrons. The van der Waals surface area contributed by atoms with Gasteiger partial charge in [-0.3, -0.25) is 4.79 Å². The summed E-state index contributed by atoms with van der Waals surface area (Å²) in [4.78, 5) is 13.2. The second-order valence-corrected chi connectivity index (χ2v) is 5.16. The third-order valence-electron chi connectivity index (χ3n) is 3.22. The summed E-state index contributed by atoms with van der Waals surface area (Å²) in [6.45, 7) is 2.49. The SMILES string of the molecule is CC(CCO)NC(=O)CCCn1nnc(-c2ccccc2)n1. The van der Waals surface area contributed by atoms with Gasteiger partial charge in [0.2, 0.25) is 11.7 Å². The molecule has 0 aliphatic heterocycles. The molecule has 2 rings (SSSR count). The Kier molecular flexibility index (Phi) is 6.02. The first kappa shape index (κ1) is 16.1. The van der Waals surface area contributed by atoms with Crippen LogP contribution < -0.4 is 5.32 Å². The fraction of sp³-hybridized carbons (Fsp3) is 0.467. The summed E-state index contributed by atoms with van der Waals surface area (Å²) in [6.07, 6.45) is 1.61. The largest absolute Gasteiger partial charge is 0.396 e. The van der Waals surface area contributed by atoms with Gasteiger partial charge in [-0.2, -0.15) is 4.80 Å². The Morgan fingerprint density at radius 3 is 2.86 bits per heavy atom. The molecule has 0 aliphatic carbocycles. The fourth-order valence-electron chi connectivity index (χ4n) is 2.03. The number of aromatic nitrogens is 4. The minimum Gasteiger partial charge on any atom is -0.396 e. The highest BCUT2D eigenvalue weighted by Crippen LogP contribution is 2.11. The maximum atomic E-state index is 11.7. The molecular formula is C15H21N5O2. The lowest BCUT2D eigenvalue weighted by molar-refractivity contribution is -0.121. The maximum absolute atomic E-state index is 11.7.